The average Bonchev–Trinajstić information content (AvgIpc) is 3.47. The van der Waals surface area contributed by atoms with Gasteiger partial charge in [-0.15, -0.1) is 21.5 Å². The van der Waals surface area contributed by atoms with Crippen LogP contribution >= 0.6 is 23.1 Å². The smallest absolute Gasteiger partial charge is 0.276 e. The molecule has 8 heteroatoms. The molecular formula is C23H23N3O3S2. The van der Waals surface area contributed by atoms with Crippen molar-refractivity contribution in [2.45, 2.75) is 30.2 Å². The van der Waals surface area contributed by atoms with Gasteiger partial charge in [0.25, 0.3) is 5.22 Å². The molecule has 0 spiro atoms. The Labute approximate surface area is 189 Å². The first-order chi connectivity index (χ1) is 15.2. The van der Waals surface area contributed by atoms with Gasteiger partial charge in [-0.3, -0.25) is 0 Å². The number of methoxy groups -OCH3 is 2. The number of ether oxygens (including phenoxy) is 2. The number of aromatic nitrogens is 3. The molecule has 2 heterocycles. The summed E-state index contributed by atoms with van der Waals surface area (Å²) in [5, 5.41) is 11.9. The molecule has 0 aliphatic carbocycles. The summed E-state index contributed by atoms with van der Waals surface area (Å²) in [6, 6.07) is 16.1. The van der Waals surface area contributed by atoms with Gasteiger partial charge in [-0.2, -0.15) is 0 Å². The molecule has 1 unspecified atom stereocenters. The summed E-state index contributed by atoms with van der Waals surface area (Å²) in [7, 11) is 3.27. The molecule has 0 bridgehead atoms. The third-order valence-electron chi connectivity index (χ3n) is 4.83. The maximum atomic E-state index is 5.84. The van der Waals surface area contributed by atoms with E-state index in [0.717, 1.165) is 16.3 Å². The zero-order chi connectivity index (χ0) is 21.6. The van der Waals surface area contributed by atoms with Crippen LogP contribution in [0.25, 0.3) is 10.6 Å². The number of thiazole rings is 1. The van der Waals surface area contributed by atoms with Crippen molar-refractivity contribution in [2.75, 3.05) is 14.2 Å². The minimum atomic E-state index is 0.318. The molecule has 0 radical (unpaired) electrons. The fourth-order valence-corrected chi connectivity index (χ4v) is 4.85. The second kappa shape index (κ2) is 9.98. The van der Waals surface area contributed by atoms with E-state index in [-0.39, 0.29) is 0 Å². The Kier molecular flexibility index (Phi) is 6.89. The molecular weight excluding hydrogens is 430 g/mol. The highest BCUT2D eigenvalue weighted by molar-refractivity contribution is 7.98. The van der Waals surface area contributed by atoms with Crippen molar-refractivity contribution in [1.82, 2.24) is 15.2 Å². The van der Waals surface area contributed by atoms with E-state index in [4.69, 9.17) is 18.9 Å². The van der Waals surface area contributed by atoms with Gasteiger partial charge in [-0.25, -0.2) is 4.98 Å². The van der Waals surface area contributed by atoms with Gasteiger partial charge in [-0.1, -0.05) is 55.1 Å². The van der Waals surface area contributed by atoms with Crippen LogP contribution in [-0.4, -0.2) is 29.4 Å². The van der Waals surface area contributed by atoms with Crippen LogP contribution < -0.4 is 9.47 Å². The van der Waals surface area contributed by atoms with E-state index < -0.39 is 0 Å². The van der Waals surface area contributed by atoms with Crippen molar-refractivity contribution in [3.63, 3.8) is 0 Å². The van der Waals surface area contributed by atoms with Gasteiger partial charge in [-0.05, 0) is 23.6 Å². The number of thioether (sulfide) groups is 1. The Morgan fingerprint density at radius 3 is 2.65 bits per heavy atom. The molecule has 6 nitrogen and oxygen atoms in total. The maximum absolute atomic E-state index is 5.84. The number of nitrogens with zero attached hydrogens (tertiary/aromatic N) is 3. The lowest BCUT2D eigenvalue weighted by Gasteiger charge is -2.10. The van der Waals surface area contributed by atoms with Crippen LogP contribution in [0.4, 0.5) is 0 Å². The quantitative estimate of drug-likeness (QED) is 0.294. The lowest BCUT2D eigenvalue weighted by molar-refractivity contribution is 0.356. The highest BCUT2D eigenvalue weighted by Gasteiger charge is 2.16. The highest BCUT2D eigenvalue weighted by atomic mass is 32.2. The second-order valence-corrected chi connectivity index (χ2v) is 8.74. The van der Waals surface area contributed by atoms with Crippen molar-refractivity contribution < 1.29 is 13.9 Å². The number of hydrogen-bond donors (Lipinski definition) is 0. The van der Waals surface area contributed by atoms with Gasteiger partial charge in [0.15, 0.2) is 11.5 Å². The zero-order valence-corrected chi connectivity index (χ0v) is 19.2. The number of rotatable bonds is 9. The summed E-state index contributed by atoms with van der Waals surface area (Å²) >= 11 is 3.06. The Hall–Kier alpha value is -2.84. The van der Waals surface area contributed by atoms with Gasteiger partial charge in [0, 0.05) is 17.6 Å². The lowest BCUT2D eigenvalue weighted by atomic mass is 9.98. The summed E-state index contributed by atoms with van der Waals surface area (Å²) in [4.78, 5) is 4.75. The molecule has 0 saturated carbocycles. The molecule has 2 aromatic carbocycles. The highest BCUT2D eigenvalue weighted by Crippen LogP contribution is 2.39. The predicted octanol–water partition coefficient (Wildman–Crippen LogP) is 5.85. The summed E-state index contributed by atoms with van der Waals surface area (Å²) in [6.45, 7) is 2.16. The molecule has 160 valence electrons. The largest absolute Gasteiger partial charge is 0.493 e. The van der Waals surface area contributed by atoms with E-state index in [2.05, 4.69) is 29.3 Å². The topological polar surface area (TPSA) is 70.3 Å². The van der Waals surface area contributed by atoms with Gasteiger partial charge >= 0.3 is 0 Å². The normalized spacial score (nSPS) is 12.0. The molecule has 0 saturated heterocycles. The first-order valence-corrected chi connectivity index (χ1v) is 11.7. The molecule has 0 fully saturated rings. The van der Waals surface area contributed by atoms with Crippen molar-refractivity contribution in [3.8, 4) is 22.1 Å². The van der Waals surface area contributed by atoms with Crippen molar-refractivity contribution in [1.29, 1.82) is 0 Å². The van der Waals surface area contributed by atoms with E-state index in [9.17, 15) is 0 Å². The molecule has 4 rings (SSSR count). The maximum Gasteiger partial charge on any atom is 0.276 e. The molecule has 0 N–H and O–H groups in total. The second-order valence-electron chi connectivity index (χ2n) is 6.95. The van der Waals surface area contributed by atoms with Gasteiger partial charge < -0.3 is 13.9 Å². The number of hydrogen-bond acceptors (Lipinski definition) is 8. The summed E-state index contributed by atoms with van der Waals surface area (Å²) in [5.74, 6) is 3.00. The third kappa shape index (κ3) is 5.08. The Balaban J connectivity index is 1.39. The van der Waals surface area contributed by atoms with Crippen LogP contribution in [0.15, 0.2) is 63.6 Å². The minimum absolute atomic E-state index is 0.318. The van der Waals surface area contributed by atoms with E-state index in [1.165, 1.54) is 17.3 Å². The van der Waals surface area contributed by atoms with Crippen LogP contribution in [0, 0.1) is 0 Å². The van der Waals surface area contributed by atoms with Crippen molar-refractivity contribution in [3.05, 3.63) is 71.1 Å². The van der Waals surface area contributed by atoms with Crippen LogP contribution in [0.3, 0.4) is 0 Å². The molecule has 0 aliphatic heterocycles. The Morgan fingerprint density at radius 1 is 1.03 bits per heavy atom. The van der Waals surface area contributed by atoms with Crippen LogP contribution in [-0.2, 0) is 12.2 Å². The molecule has 1 atom stereocenters. The molecule has 0 amide bonds. The average molecular weight is 454 g/mol. The van der Waals surface area contributed by atoms with E-state index in [1.807, 2.05) is 41.8 Å². The lowest BCUT2D eigenvalue weighted by Crippen LogP contribution is -1.98. The third-order valence-corrected chi connectivity index (χ3v) is 6.60. The summed E-state index contributed by atoms with van der Waals surface area (Å²) < 4.78 is 16.8. The monoisotopic (exact) mass is 453 g/mol. The van der Waals surface area contributed by atoms with E-state index in [0.29, 0.717) is 40.7 Å². The zero-order valence-electron chi connectivity index (χ0n) is 17.6. The van der Waals surface area contributed by atoms with Gasteiger partial charge in [0.2, 0.25) is 5.89 Å². The minimum Gasteiger partial charge on any atom is -0.493 e. The molecule has 0 aliphatic rings. The van der Waals surface area contributed by atoms with E-state index >= 15 is 0 Å². The standard InChI is InChI=1S/C23H23N3O3S2/c1-15(16-8-5-4-6-9-16)12-20-25-26-23(29-20)31-14-17-13-30-22(24-17)18-10-7-11-19(27-2)21(18)28-3/h4-11,13,15H,12,14H2,1-3H3. The van der Waals surface area contributed by atoms with Crippen molar-refractivity contribution >= 4 is 23.1 Å². The number of benzene rings is 2. The SMILES string of the molecule is COc1cccc(-c2nc(CSc3nnc(CC(C)c4ccccc4)o3)cs2)c1OC. The fraction of sp³-hybridized carbons (Fsp3) is 0.261. The molecule has 2 aromatic heterocycles. The van der Waals surface area contributed by atoms with Crippen molar-refractivity contribution in [2.24, 2.45) is 0 Å². The Bertz CT molecular complexity index is 1130. The first-order valence-electron chi connectivity index (χ1n) is 9.83. The molecule has 4 aromatic rings. The summed E-state index contributed by atoms with van der Waals surface area (Å²) in [6.07, 6.45) is 0.716. The van der Waals surface area contributed by atoms with Crippen LogP contribution in [0.1, 0.15) is 30.0 Å². The number of para-hydroxylation sites is 1. The van der Waals surface area contributed by atoms with Crippen LogP contribution in [0.2, 0.25) is 0 Å². The van der Waals surface area contributed by atoms with Crippen LogP contribution in [0.5, 0.6) is 11.5 Å². The van der Waals surface area contributed by atoms with Gasteiger partial charge in [0.05, 0.1) is 25.5 Å². The Morgan fingerprint density at radius 2 is 1.87 bits per heavy atom. The van der Waals surface area contributed by atoms with E-state index in [1.54, 1.807) is 25.6 Å². The molecule has 31 heavy (non-hydrogen) atoms. The first kappa shape index (κ1) is 21.4. The summed E-state index contributed by atoms with van der Waals surface area (Å²) in [5.41, 5.74) is 3.13. The van der Waals surface area contributed by atoms with Gasteiger partial charge in [0.1, 0.15) is 5.01 Å². The predicted molar refractivity (Wildman–Crippen MR) is 123 cm³/mol. The fourth-order valence-electron chi connectivity index (χ4n) is 3.23.